The van der Waals surface area contributed by atoms with Gasteiger partial charge in [0.25, 0.3) is 0 Å². The van der Waals surface area contributed by atoms with Crippen molar-refractivity contribution in [3.8, 4) is 28.1 Å². The Labute approximate surface area is 198 Å². The maximum atomic E-state index is 13.2. The van der Waals surface area contributed by atoms with Crippen LogP contribution in [-0.4, -0.2) is 59.2 Å². The Morgan fingerprint density at radius 3 is 2.65 bits per heavy atom. The number of sulfone groups is 1. The van der Waals surface area contributed by atoms with Crippen molar-refractivity contribution in [3.05, 3.63) is 72.2 Å². The Morgan fingerprint density at radius 1 is 1.03 bits per heavy atom. The van der Waals surface area contributed by atoms with Gasteiger partial charge in [0.1, 0.15) is 0 Å². The summed E-state index contributed by atoms with van der Waals surface area (Å²) in [5.74, 6) is -0.0404. The minimum Gasteiger partial charge on any atom is -0.379 e. The smallest absolute Gasteiger partial charge is 0.183 e. The van der Waals surface area contributed by atoms with Crippen LogP contribution in [-0.2, 0) is 33.9 Å². The van der Waals surface area contributed by atoms with Crippen molar-refractivity contribution >= 4 is 9.84 Å². The molecule has 0 amide bonds. The molecule has 1 fully saturated rings. The molecule has 0 N–H and O–H groups in total. The van der Waals surface area contributed by atoms with Crippen molar-refractivity contribution in [1.82, 2.24) is 24.5 Å². The molecule has 0 bridgehead atoms. The van der Waals surface area contributed by atoms with E-state index >= 15 is 0 Å². The van der Waals surface area contributed by atoms with Gasteiger partial charge in [-0.05, 0) is 23.8 Å². The van der Waals surface area contributed by atoms with Gasteiger partial charge in [-0.15, -0.1) is 0 Å². The molecule has 0 atom stereocenters. The van der Waals surface area contributed by atoms with Gasteiger partial charge >= 0.3 is 0 Å². The Balaban J connectivity index is 1.53. The molecule has 6 rings (SSSR count). The van der Waals surface area contributed by atoms with Gasteiger partial charge in [0.05, 0.1) is 47.1 Å². The Kier molecular flexibility index (Phi) is 5.13. The molecule has 0 aliphatic carbocycles. The SMILES string of the molecule is Cn1cc(-c2cccc(-n3nc(CN4CCOCC4)c4c3-c3ccccc3S(=O)(=O)C4)c2)cn1. The third-order valence-electron chi connectivity index (χ3n) is 6.48. The van der Waals surface area contributed by atoms with Gasteiger partial charge in [-0.1, -0.05) is 30.3 Å². The molecule has 9 heteroatoms. The molecule has 2 aromatic carbocycles. The zero-order valence-corrected chi connectivity index (χ0v) is 19.7. The lowest BCUT2D eigenvalue weighted by Gasteiger charge is -2.26. The summed E-state index contributed by atoms with van der Waals surface area (Å²) in [5, 5.41) is 9.30. The molecule has 1 saturated heterocycles. The van der Waals surface area contributed by atoms with E-state index in [0.29, 0.717) is 30.2 Å². The van der Waals surface area contributed by atoms with E-state index in [0.717, 1.165) is 46.9 Å². The number of morpholine rings is 1. The highest BCUT2D eigenvalue weighted by atomic mass is 32.2. The Morgan fingerprint density at radius 2 is 1.85 bits per heavy atom. The Hall–Kier alpha value is -3.27. The van der Waals surface area contributed by atoms with Crippen LogP contribution in [0.2, 0.25) is 0 Å². The molecule has 2 aliphatic heterocycles. The average molecular weight is 476 g/mol. The molecule has 2 aliphatic rings. The van der Waals surface area contributed by atoms with Crippen LogP contribution in [0.15, 0.2) is 65.8 Å². The number of aromatic nitrogens is 4. The molecular formula is C25H25N5O3S. The number of aryl methyl sites for hydroxylation is 1. The van der Waals surface area contributed by atoms with Crippen LogP contribution in [0.1, 0.15) is 11.3 Å². The second-order valence-corrected chi connectivity index (χ2v) is 10.7. The number of hydrogen-bond acceptors (Lipinski definition) is 6. The molecule has 0 unspecified atom stereocenters. The molecule has 4 aromatic rings. The summed E-state index contributed by atoms with van der Waals surface area (Å²) in [6, 6.07) is 15.4. The zero-order valence-electron chi connectivity index (χ0n) is 18.9. The van der Waals surface area contributed by atoms with Gasteiger partial charge < -0.3 is 4.74 Å². The molecule has 0 saturated carbocycles. The predicted molar refractivity (Wildman–Crippen MR) is 128 cm³/mol. The third-order valence-corrected chi connectivity index (χ3v) is 8.18. The van der Waals surface area contributed by atoms with Crippen LogP contribution in [0.4, 0.5) is 0 Å². The molecular weight excluding hydrogens is 450 g/mol. The summed E-state index contributed by atoms with van der Waals surface area (Å²) < 4.78 is 35.6. The quantitative estimate of drug-likeness (QED) is 0.451. The van der Waals surface area contributed by atoms with Crippen LogP contribution in [0.25, 0.3) is 28.1 Å². The molecule has 8 nitrogen and oxygen atoms in total. The summed E-state index contributed by atoms with van der Waals surface area (Å²) in [5.41, 5.74) is 6.09. The largest absolute Gasteiger partial charge is 0.379 e. The lowest BCUT2D eigenvalue weighted by molar-refractivity contribution is 0.0335. The minimum atomic E-state index is -3.44. The minimum absolute atomic E-state index is 0.0404. The van der Waals surface area contributed by atoms with Gasteiger partial charge in [-0.2, -0.15) is 10.2 Å². The lowest BCUT2D eigenvalue weighted by atomic mass is 10.0. The second-order valence-electron chi connectivity index (χ2n) is 8.78. The third kappa shape index (κ3) is 3.66. The van der Waals surface area contributed by atoms with E-state index in [-0.39, 0.29) is 5.75 Å². The molecule has 0 radical (unpaired) electrons. The number of nitrogens with zero attached hydrogens (tertiary/aromatic N) is 5. The second kappa shape index (κ2) is 8.19. The highest BCUT2D eigenvalue weighted by molar-refractivity contribution is 7.90. The topological polar surface area (TPSA) is 82.2 Å². The molecule has 2 aromatic heterocycles. The first kappa shape index (κ1) is 21.3. The van der Waals surface area contributed by atoms with Crippen LogP contribution < -0.4 is 0 Å². The fourth-order valence-corrected chi connectivity index (χ4v) is 6.42. The fourth-order valence-electron chi connectivity index (χ4n) is 4.80. The predicted octanol–water partition coefficient (Wildman–Crippen LogP) is 3.06. The molecule has 174 valence electrons. The van der Waals surface area contributed by atoms with Crippen LogP contribution in [0.5, 0.6) is 0 Å². The molecule has 34 heavy (non-hydrogen) atoms. The standard InChI is InChI=1S/C25H25N5O3S/c1-28-15-19(14-26-28)18-5-4-6-20(13-18)30-25-21-7-2-3-8-24(21)34(31,32)17-22(25)23(27-30)16-29-9-11-33-12-10-29/h2-8,13-15H,9-12,16-17H2,1H3. The van der Waals surface area contributed by atoms with Crippen LogP contribution >= 0.6 is 0 Å². The van der Waals surface area contributed by atoms with Crippen molar-refractivity contribution in [3.63, 3.8) is 0 Å². The number of fused-ring (bicyclic) bond motifs is 3. The van der Waals surface area contributed by atoms with E-state index in [2.05, 4.69) is 16.1 Å². The van der Waals surface area contributed by atoms with Crippen LogP contribution in [0.3, 0.4) is 0 Å². The van der Waals surface area contributed by atoms with Gasteiger partial charge in [0.2, 0.25) is 0 Å². The molecule has 0 spiro atoms. The van der Waals surface area contributed by atoms with Crippen molar-refractivity contribution in [2.45, 2.75) is 17.2 Å². The normalized spacial score (nSPS) is 17.3. The fraction of sp³-hybridized carbons (Fsp3) is 0.280. The van der Waals surface area contributed by atoms with E-state index in [1.54, 1.807) is 16.8 Å². The first-order chi connectivity index (χ1) is 16.5. The van der Waals surface area contributed by atoms with Gasteiger partial charge in [0, 0.05) is 49.6 Å². The van der Waals surface area contributed by atoms with Crippen LogP contribution in [0, 0.1) is 0 Å². The zero-order chi connectivity index (χ0) is 23.3. The lowest BCUT2D eigenvalue weighted by Crippen LogP contribution is -2.36. The van der Waals surface area contributed by atoms with Crippen molar-refractivity contribution in [2.75, 3.05) is 26.3 Å². The maximum Gasteiger partial charge on any atom is 0.183 e. The maximum absolute atomic E-state index is 13.2. The number of hydrogen-bond donors (Lipinski definition) is 0. The van der Waals surface area contributed by atoms with E-state index < -0.39 is 9.84 Å². The van der Waals surface area contributed by atoms with E-state index in [1.165, 1.54) is 0 Å². The molecule has 4 heterocycles. The average Bonchev–Trinajstić information content (AvgIpc) is 3.44. The van der Waals surface area contributed by atoms with Crippen molar-refractivity contribution in [1.29, 1.82) is 0 Å². The summed E-state index contributed by atoms with van der Waals surface area (Å²) in [6.45, 7) is 3.57. The number of rotatable bonds is 4. The Bertz CT molecular complexity index is 1480. The summed E-state index contributed by atoms with van der Waals surface area (Å²) in [6.07, 6.45) is 3.81. The first-order valence-electron chi connectivity index (χ1n) is 11.3. The summed E-state index contributed by atoms with van der Waals surface area (Å²) in [7, 11) is -1.55. The van der Waals surface area contributed by atoms with Gasteiger partial charge in [-0.3, -0.25) is 9.58 Å². The monoisotopic (exact) mass is 475 g/mol. The number of benzene rings is 2. The van der Waals surface area contributed by atoms with Crippen molar-refractivity contribution < 1.29 is 13.2 Å². The van der Waals surface area contributed by atoms with Crippen molar-refractivity contribution in [2.24, 2.45) is 7.05 Å². The van der Waals surface area contributed by atoms with Gasteiger partial charge in [0.15, 0.2) is 9.84 Å². The highest BCUT2D eigenvalue weighted by Gasteiger charge is 2.34. The van der Waals surface area contributed by atoms with Gasteiger partial charge in [-0.25, -0.2) is 13.1 Å². The highest BCUT2D eigenvalue weighted by Crippen LogP contribution is 2.41. The number of ether oxygens (including phenoxy) is 1. The van der Waals surface area contributed by atoms with E-state index in [1.807, 2.05) is 54.5 Å². The van der Waals surface area contributed by atoms with E-state index in [4.69, 9.17) is 9.84 Å². The summed E-state index contributed by atoms with van der Waals surface area (Å²) in [4.78, 5) is 2.64. The first-order valence-corrected chi connectivity index (χ1v) is 13.0. The van der Waals surface area contributed by atoms with E-state index in [9.17, 15) is 8.42 Å². The summed E-state index contributed by atoms with van der Waals surface area (Å²) >= 11 is 0.